The van der Waals surface area contributed by atoms with Gasteiger partial charge in [-0.3, -0.25) is 4.79 Å². The van der Waals surface area contributed by atoms with Crippen LogP contribution >= 0.6 is 11.6 Å². The highest BCUT2D eigenvalue weighted by atomic mass is 35.5. The first-order valence-electron chi connectivity index (χ1n) is 5.55. The van der Waals surface area contributed by atoms with E-state index in [0.29, 0.717) is 23.7 Å². The van der Waals surface area contributed by atoms with Crippen LogP contribution in [0, 0.1) is 0 Å². The first-order valence-corrected chi connectivity index (χ1v) is 5.93. The molecule has 0 radical (unpaired) electrons. The van der Waals surface area contributed by atoms with Gasteiger partial charge in [-0.2, -0.15) is 0 Å². The molecule has 0 aliphatic rings. The number of hydrogen-bond donors (Lipinski definition) is 2. The van der Waals surface area contributed by atoms with Crippen molar-refractivity contribution in [2.75, 3.05) is 20.6 Å². The summed E-state index contributed by atoms with van der Waals surface area (Å²) in [5, 5.41) is 12.5. The van der Waals surface area contributed by atoms with Crippen molar-refractivity contribution in [2.24, 2.45) is 0 Å². The lowest BCUT2D eigenvalue weighted by Gasteiger charge is -2.06. The normalized spacial score (nSPS) is 11.1. The highest BCUT2D eigenvalue weighted by Gasteiger charge is 2.03. The number of amides is 1. The lowest BCUT2D eigenvalue weighted by atomic mass is 10.2. The summed E-state index contributed by atoms with van der Waals surface area (Å²) >= 11 is 5.94. The molecule has 5 heteroatoms. The molecule has 98 valence electrons. The van der Waals surface area contributed by atoms with E-state index in [1.165, 1.54) is 18.2 Å². The van der Waals surface area contributed by atoms with E-state index < -0.39 is 0 Å². The van der Waals surface area contributed by atoms with Gasteiger partial charge in [-0.25, -0.2) is 0 Å². The van der Waals surface area contributed by atoms with Gasteiger partial charge in [0.25, 0.3) is 0 Å². The van der Waals surface area contributed by atoms with Crippen LogP contribution in [0.4, 0.5) is 0 Å². The van der Waals surface area contributed by atoms with Crippen LogP contribution in [0.5, 0.6) is 5.75 Å². The van der Waals surface area contributed by atoms with Gasteiger partial charge in [0.15, 0.2) is 0 Å². The van der Waals surface area contributed by atoms with Crippen molar-refractivity contribution >= 4 is 17.5 Å². The van der Waals surface area contributed by atoms with E-state index in [-0.39, 0.29) is 11.7 Å². The number of halogens is 1. The lowest BCUT2D eigenvalue weighted by Crippen LogP contribution is -2.21. The second-order valence-corrected chi connectivity index (χ2v) is 4.57. The Morgan fingerprint density at radius 3 is 2.89 bits per heavy atom. The number of carbonyl (C=O) groups excluding carboxylic acids is 1. The maximum Gasteiger partial charge on any atom is 0.243 e. The zero-order valence-electron chi connectivity index (χ0n) is 10.5. The average Bonchev–Trinajstić information content (AvgIpc) is 2.30. The number of likely N-dealkylation sites (N-methyl/N-ethyl adjacent to an activating group) is 1. The molecule has 0 fully saturated rings. The summed E-state index contributed by atoms with van der Waals surface area (Å²) in [7, 11) is 3.85. The van der Waals surface area contributed by atoms with Crippen LogP contribution in [0.15, 0.2) is 30.4 Å². The van der Waals surface area contributed by atoms with Crippen LogP contribution in [0.2, 0.25) is 5.02 Å². The third kappa shape index (κ3) is 5.21. The summed E-state index contributed by atoms with van der Waals surface area (Å²) < 4.78 is 0. The molecular formula is C13H17ClN2O2. The Balaban J connectivity index is 2.47. The minimum Gasteiger partial charge on any atom is -0.508 e. The Hall–Kier alpha value is -1.52. The second-order valence-electron chi connectivity index (χ2n) is 4.16. The van der Waals surface area contributed by atoms with Crippen molar-refractivity contribution in [3.8, 4) is 5.75 Å². The molecule has 0 saturated heterocycles. The fourth-order valence-corrected chi connectivity index (χ4v) is 1.49. The van der Waals surface area contributed by atoms with Gasteiger partial charge in [-0.1, -0.05) is 17.7 Å². The largest absolute Gasteiger partial charge is 0.508 e. The number of hydrogen-bond acceptors (Lipinski definition) is 3. The van der Waals surface area contributed by atoms with E-state index in [0.717, 1.165) is 0 Å². The fraction of sp³-hybridized carbons (Fsp3) is 0.308. The summed E-state index contributed by atoms with van der Waals surface area (Å²) in [6.07, 6.45) is 3.26. The van der Waals surface area contributed by atoms with Crippen LogP contribution in [-0.4, -0.2) is 36.6 Å². The standard InChI is InChI=1S/C13H17ClN2O2/c1-16(2)7-3-4-13(18)15-9-10-8-11(17)5-6-12(10)14/h3-6,8,17H,7,9H2,1-2H3,(H,15,18)/b4-3+. The monoisotopic (exact) mass is 268 g/mol. The van der Waals surface area contributed by atoms with E-state index >= 15 is 0 Å². The van der Waals surface area contributed by atoms with Crippen molar-refractivity contribution < 1.29 is 9.90 Å². The molecule has 1 aromatic rings. The SMILES string of the molecule is CN(C)C/C=C/C(=O)NCc1cc(O)ccc1Cl. The average molecular weight is 269 g/mol. The maximum absolute atomic E-state index is 11.5. The molecule has 0 atom stereocenters. The highest BCUT2D eigenvalue weighted by molar-refractivity contribution is 6.31. The summed E-state index contributed by atoms with van der Waals surface area (Å²) in [6.45, 7) is 0.999. The molecule has 0 unspecified atom stereocenters. The van der Waals surface area contributed by atoms with Crippen molar-refractivity contribution in [3.63, 3.8) is 0 Å². The number of phenols is 1. The molecule has 0 heterocycles. The third-order valence-corrected chi connectivity index (χ3v) is 2.59. The number of aromatic hydroxyl groups is 1. The van der Waals surface area contributed by atoms with Gasteiger partial charge < -0.3 is 15.3 Å². The molecule has 0 spiro atoms. The molecule has 0 saturated carbocycles. The first-order chi connectivity index (χ1) is 8.49. The van der Waals surface area contributed by atoms with Crippen LogP contribution in [0.3, 0.4) is 0 Å². The molecule has 1 rings (SSSR count). The topological polar surface area (TPSA) is 52.6 Å². The minimum atomic E-state index is -0.184. The van der Waals surface area contributed by atoms with Crippen molar-refractivity contribution in [1.82, 2.24) is 10.2 Å². The second kappa shape index (κ2) is 7.03. The molecule has 4 nitrogen and oxygen atoms in total. The van der Waals surface area contributed by atoms with Crippen LogP contribution in [0.25, 0.3) is 0 Å². The van der Waals surface area contributed by atoms with E-state index in [9.17, 15) is 9.90 Å². The number of phenolic OH excluding ortho intramolecular Hbond substituents is 1. The Bertz CT molecular complexity index is 445. The molecule has 2 N–H and O–H groups in total. The summed E-state index contributed by atoms with van der Waals surface area (Å²) in [5.41, 5.74) is 0.686. The molecule has 1 aromatic carbocycles. The summed E-state index contributed by atoms with van der Waals surface area (Å²) in [5.74, 6) is -0.0527. The van der Waals surface area contributed by atoms with Crippen LogP contribution in [-0.2, 0) is 11.3 Å². The Morgan fingerprint density at radius 1 is 1.50 bits per heavy atom. The molecular weight excluding hydrogens is 252 g/mol. The molecule has 18 heavy (non-hydrogen) atoms. The van der Waals surface area contributed by atoms with Crippen LogP contribution in [0.1, 0.15) is 5.56 Å². The van der Waals surface area contributed by atoms with Gasteiger partial charge in [0, 0.05) is 24.2 Å². The number of nitrogens with one attached hydrogen (secondary N) is 1. The Morgan fingerprint density at radius 2 is 2.22 bits per heavy atom. The van der Waals surface area contributed by atoms with E-state index in [2.05, 4.69) is 5.32 Å². The third-order valence-electron chi connectivity index (χ3n) is 2.22. The quantitative estimate of drug-likeness (QED) is 0.801. The van der Waals surface area contributed by atoms with Gasteiger partial charge in [0.2, 0.25) is 5.91 Å². The predicted octanol–water partition coefficient (Wildman–Crippen LogP) is 1.78. The zero-order valence-corrected chi connectivity index (χ0v) is 11.2. The molecule has 0 bridgehead atoms. The highest BCUT2D eigenvalue weighted by Crippen LogP contribution is 2.20. The predicted molar refractivity (Wildman–Crippen MR) is 72.7 cm³/mol. The molecule has 0 aliphatic carbocycles. The number of benzene rings is 1. The van der Waals surface area contributed by atoms with Crippen molar-refractivity contribution in [3.05, 3.63) is 40.9 Å². The lowest BCUT2D eigenvalue weighted by molar-refractivity contribution is -0.116. The number of carbonyl (C=O) groups is 1. The van der Waals surface area contributed by atoms with E-state index in [1.54, 1.807) is 12.1 Å². The molecule has 0 aromatic heterocycles. The number of nitrogens with zero attached hydrogens (tertiary/aromatic N) is 1. The molecule has 0 aliphatic heterocycles. The van der Waals surface area contributed by atoms with Gasteiger partial charge in [0.1, 0.15) is 5.75 Å². The Kier molecular flexibility index (Phi) is 5.68. The van der Waals surface area contributed by atoms with E-state index in [1.807, 2.05) is 19.0 Å². The van der Waals surface area contributed by atoms with Gasteiger partial charge in [-0.15, -0.1) is 0 Å². The van der Waals surface area contributed by atoms with Gasteiger partial charge >= 0.3 is 0 Å². The maximum atomic E-state index is 11.5. The fourth-order valence-electron chi connectivity index (χ4n) is 1.31. The molecule has 1 amide bonds. The van der Waals surface area contributed by atoms with Crippen molar-refractivity contribution in [1.29, 1.82) is 0 Å². The smallest absolute Gasteiger partial charge is 0.243 e. The summed E-state index contributed by atoms with van der Waals surface area (Å²) in [6, 6.07) is 4.64. The van der Waals surface area contributed by atoms with Gasteiger partial charge in [0.05, 0.1) is 0 Å². The summed E-state index contributed by atoms with van der Waals surface area (Å²) in [4.78, 5) is 13.4. The Labute approximate surface area is 112 Å². The minimum absolute atomic E-state index is 0.131. The van der Waals surface area contributed by atoms with E-state index in [4.69, 9.17) is 11.6 Å². The van der Waals surface area contributed by atoms with Crippen LogP contribution < -0.4 is 5.32 Å². The zero-order chi connectivity index (χ0) is 13.5. The van der Waals surface area contributed by atoms with Gasteiger partial charge in [-0.05, 0) is 37.9 Å². The first kappa shape index (κ1) is 14.5. The van der Waals surface area contributed by atoms with Crippen molar-refractivity contribution in [2.45, 2.75) is 6.54 Å². The number of rotatable bonds is 5.